The predicted molar refractivity (Wildman–Crippen MR) is 122 cm³/mol. The largest absolute Gasteiger partial charge is 0.464 e. The number of nitrogen functional groups attached to an aromatic ring is 1. The van der Waals surface area contributed by atoms with Crippen molar-refractivity contribution in [2.24, 2.45) is 0 Å². The van der Waals surface area contributed by atoms with Crippen molar-refractivity contribution < 1.29 is 18.7 Å². The average Bonchev–Trinajstić information content (AvgIpc) is 3.52. The summed E-state index contributed by atoms with van der Waals surface area (Å²) in [4.78, 5) is 26.3. The minimum Gasteiger partial charge on any atom is -0.464 e. The maximum Gasteiger partial charge on any atom is 0.231 e. The lowest BCUT2D eigenvalue weighted by Crippen LogP contribution is -2.30. The third-order valence-corrected chi connectivity index (χ3v) is 6.05. The number of furan rings is 1. The number of nitrogens with one attached hydrogen (secondary N) is 1. The summed E-state index contributed by atoms with van der Waals surface area (Å²) in [6.07, 6.45) is 3.29. The normalized spacial score (nSPS) is 12.6. The Labute approximate surface area is 193 Å². The van der Waals surface area contributed by atoms with E-state index in [0.717, 1.165) is 10.5 Å². The van der Waals surface area contributed by atoms with Crippen LogP contribution in [0.4, 0.5) is 5.82 Å². The second-order valence-corrected chi connectivity index (χ2v) is 8.74. The van der Waals surface area contributed by atoms with Crippen LogP contribution in [0.15, 0.2) is 51.3 Å². The smallest absolute Gasteiger partial charge is 0.231 e. The van der Waals surface area contributed by atoms with Crippen LogP contribution in [0.25, 0.3) is 22.5 Å². The third-order valence-electron chi connectivity index (χ3n) is 5.00. The second kappa shape index (κ2) is 8.66. The summed E-state index contributed by atoms with van der Waals surface area (Å²) in [6, 6.07) is 7.56. The van der Waals surface area contributed by atoms with E-state index >= 15 is 0 Å². The number of hydrogen-bond donors (Lipinski definition) is 2. The van der Waals surface area contributed by atoms with Gasteiger partial charge in [0.1, 0.15) is 12.1 Å². The van der Waals surface area contributed by atoms with E-state index in [1.807, 2.05) is 42.7 Å². The minimum atomic E-state index is -0.0517. The molecule has 1 aromatic carbocycles. The molecule has 5 rings (SSSR count). The Morgan fingerprint density at radius 3 is 2.85 bits per heavy atom. The van der Waals surface area contributed by atoms with Crippen LogP contribution < -0.4 is 20.5 Å². The summed E-state index contributed by atoms with van der Waals surface area (Å²) in [5.74, 6) is 2.22. The van der Waals surface area contributed by atoms with Crippen molar-refractivity contribution >= 4 is 34.7 Å². The Morgan fingerprint density at radius 1 is 1.27 bits per heavy atom. The summed E-state index contributed by atoms with van der Waals surface area (Å²) in [7, 11) is 0. The van der Waals surface area contributed by atoms with E-state index in [1.165, 1.54) is 18.1 Å². The number of imidazole rings is 1. The van der Waals surface area contributed by atoms with Gasteiger partial charge in [0.25, 0.3) is 0 Å². The number of aryl methyl sites for hydroxylation is 1. The molecule has 11 heteroatoms. The first-order valence-electron chi connectivity index (χ1n) is 10.4. The van der Waals surface area contributed by atoms with E-state index in [0.29, 0.717) is 40.1 Å². The lowest BCUT2D eigenvalue weighted by molar-refractivity contribution is -0.121. The Kier molecular flexibility index (Phi) is 5.55. The van der Waals surface area contributed by atoms with Crippen LogP contribution in [0.3, 0.4) is 0 Å². The summed E-state index contributed by atoms with van der Waals surface area (Å²) < 4.78 is 18.7. The number of fused-ring (bicyclic) bond motifs is 2. The highest BCUT2D eigenvalue weighted by atomic mass is 32.2. The van der Waals surface area contributed by atoms with Gasteiger partial charge < -0.3 is 29.5 Å². The van der Waals surface area contributed by atoms with Gasteiger partial charge in [0.15, 0.2) is 33.6 Å². The lowest BCUT2D eigenvalue weighted by Gasteiger charge is -2.12. The number of nitrogens with two attached hydrogens (primary N) is 1. The van der Waals surface area contributed by atoms with Gasteiger partial charge in [-0.1, -0.05) is 11.8 Å². The first kappa shape index (κ1) is 21.1. The highest BCUT2D eigenvalue weighted by Crippen LogP contribution is 2.45. The number of nitrogens with zero attached hydrogens (tertiary/aromatic N) is 4. The Balaban J connectivity index is 1.55. The first-order valence-corrected chi connectivity index (χ1v) is 11.2. The van der Waals surface area contributed by atoms with E-state index in [1.54, 1.807) is 6.26 Å². The van der Waals surface area contributed by atoms with E-state index in [4.69, 9.17) is 24.6 Å². The second-order valence-electron chi connectivity index (χ2n) is 7.73. The maximum atomic E-state index is 12.3. The number of hydrogen-bond acceptors (Lipinski definition) is 9. The fourth-order valence-corrected chi connectivity index (χ4v) is 4.61. The minimum absolute atomic E-state index is 0.0517. The summed E-state index contributed by atoms with van der Waals surface area (Å²) in [6.45, 7) is 4.40. The highest BCUT2D eigenvalue weighted by Gasteiger charge is 2.23. The number of carbonyl (C=O) groups excluding carboxylic acids is 1. The molecule has 0 fully saturated rings. The number of carbonyl (C=O) groups is 1. The van der Waals surface area contributed by atoms with Crippen LogP contribution in [-0.2, 0) is 11.3 Å². The molecule has 0 radical (unpaired) electrons. The van der Waals surface area contributed by atoms with Gasteiger partial charge in [0, 0.05) is 29.5 Å². The van der Waals surface area contributed by atoms with Crippen molar-refractivity contribution in [3.05, 3.63) is 36.9 Å². The van der Waals surface area contributed by atoms with E-state index in [-0.39, 0.29) is 31.0 Å². The summed E-state index contributed by atoms with van der Waals surface area (Å²) >= 11 is 1.41. The van der Waals surface area contributed by atoms with Gasteiger partial charge in [-0.2, -0.15) is 0 Å². The molecule has 0 aliphatic carbocycles. The van der Waals surface area contributed by atoms with Crippen LogP contribution in [0.5, 0.6) is 11.5 Å². The van der Waals surface area contributed by atoms with Gasteiger partial charge in [-0.05, 0) is 38.1 Å². The van der Waals surface area contributed by atoms with Gasteiger partial charge in [0.05, 0.1) is 6.26 Å². The topological polar surface area (TPSA) is 130 Å². The molecule has 0 unspecified atom stereocenters. The Morgan fingerprint density at radius 2 is 2.09 bits per heavy atom. The standard InChI is InChI=1S/C22H22N6O4S/c1-12(2)26-18(29)5-6-28-21-19(20(23)24-10-25-21)27-22(28)33-17-9-16-15(31-11-32-16)8-13(17)14-4-3-7-30-14/h3-4,7-10,12H,5-6,11H2,1-2H3,(H,26,29)(H2,23,24,25). The van der Waals surface area contributed by atoms with Crippen LogP contribution in [-0.4, -0.2) is 38.3 Å². The van der Waals surface area contributed by atoms with Crippen molar-refractivity contribution in [2.45, 2.75) is 42.9 Å². The molecule has 1 aliphatic rings. The van der Waals surface area contributed by atoms with Gasteiger partial charge in [0.2, 0.25) is 12.7 Å². The average molecular weight is 467 g/mol. The highest BCUT2D eigenvalue weighted by molar-refractivity contribution is 7.99. The van der Waals surface area contributed by atoms with Crippen molar-refractivity contribution in [1.82, 2.24) is 24.8 Å². The zero-order valence-corrected chi connectivity index (χ0v) is 18.9. The number of benzene rings is 1. The molecular weight excluding hydrogens is 444 g/mol. The number of anilines is 1. The Hall–Kier alpha value is -3.73. The summed E-state index contributed by atoms with van der Waals surface area (Å²) in [5.41, 5.74) is 7.97. The van der Waals surface area contributed by atoms with Crippen LogP contribution in [0, 0.1) is 0 Å². The molecule has 3 N–H and O–H groups in total. The predicted octanol–water partition coefficient (Wildman–Crippen LogP) is 3.46. The van der Waals surface area contributed by atoms with Crippen molar-refractivity contribution in [3.8, 4) is 22.8 Å². The SMILES string of the molecule is CC(C)NC(=O)CCn1c(Sc2cc3c(cc2-c2ccco2)OCO3)nc2c(N)ncnc21. The van der Waals surface area contributed by atoms with Crippen LogP contribution in [0.2, 0.25) is 0 Å². The molecule has 10 nitrogen and oxygen atoms in total. The zero-order chi connectivity index (χ0) is 22.9. The first-order chi connectivity index (χ1) is 16.0. The van der Waals surface area contributed by atoms with Crippen molar-refractivity contribution in [3.63, 3.8) is 0 Å². The third kappa shape index (κ3) is 4.19. The molecule has 4 heterocycles. The molecule has 0 atom stereocenters. The molecule has 1 amide bonds. The molecular formula is C22H22N6O4S. The van der Waals surface area contributed by atoms with Crippen molar-refractivity contribution in [1.29, 1.82) is 0 Å². The number of ether oxygens (including phenoxy) is 2. The monoisotopic (exact) mass is 466 g/mol. The van der Waals surface area contributed by atoms with E-state index in [9.17, 15) is 4.79 Å². The van der Waals surface area contributed by atoms with Gasteiger partial charge in [-0.15, -0.1) is 0 Å². The summed E-state index contributed by atoms with van der Waals surface area (Å²) in [5, 5.41) is 3.54. The van der Waals surface area contributed by atoms with E-state index < -0.39 is 0 Å². The number of rotatable bonds is 7. The molecule has 0 saturated heterocycles. The quantitative estimate of drug-likeness (QED) is 0.420. The maximum absolute atomic E-state index is 12.3. The van der Waals surface area contributed by atoms with Gasteiger partial charge in [-0.3, -0.25) is 4.79 Å². The fraction of sp³-hybridized carbons (Fsp3) is 0.273. The lowest BCUT2D eigenvalue weighted by atomic mass is 10.1. The fourth-order valence-electron chi connectivity index (χ4n) is 3.55. The molecule has 1 aliphatic heterocycles. The molecule has 0 spiro atoms. The molecule has 33 heavy (non-hydrogen) atoms. The Bertz CT molecular complexity index is 1320. The molecule has 170 valence electrons. The molecule has 0 saturated carbocycles. The molecule has 4 aromatic rings. The molecule has 0 bridgehead atoms. The van der Waals surface area contributed by atoms with E-state index in [2.05, 4.69) is 15.3 Å². The van der Waals surface area contributed by atoms with Gasteiger partial charge >= 0.3 is 0 Å². The van der Waals surface area contributed by atoms with Crippen LogP contribution >= 0.6 is 11.8 Å². The number of aromatic nitrogens is 4. The molecule has 3 aromatic heterocycles. The zero-order valence-electron chi connectivity index (χ0n) is 18.1. The van der Waals surface area contributed by atoms with Gasteiger partial charge in [-0.25, -0.2) is 15.0 Å². The number of amides is 1. The van der Waals surface area contributed by atoms with Crippen LogP contribution in [0.1, 0.15) is 20.3 Å². The van der Waals surface area contributed by atoms with Crippen molar-refractivity contribution in [2.75, 3.05) is 12.5 Å².